The van der Waals surface area contributed by atoms with Crippen molar-refractivity contribution in [1.82, 2.24) is 5.32 Å². The smallest absolute Gasteiger partial charge is 0.331 e. The molecule has 0 bridgehead atoms. The molecule has 0 aromatic rings. The number of ether oxygens (including phenoxy) is 2. The Hall–Kier alpha value is -1.59. The molecule has 0 aliphatic rings. The molecule has 0 aliphatic heterocycles. The van der Waals surface area contributed by atoms with Gasteiger partial charge in [-0.05, 0) is 12.3 Å². The highest BCUT2D eigenvalue weighted by Gasteiger charge is 2.24. The average molecular weight is 287 g/mol. The number of carbonyl (C=O) groups excluding carboxylic acids is 3. The van der Waals surface area contributed by atoms with Crippen LogP contribution in [0.4, 0.5) is 0 Å². The van der Waals surface area contributed by atoms with Gasteiger partial charge in [0.1, 0.15) is 6.61 Å². The van der Waals surface area contributed by atoms with Crippen LogP contribution >= 0.6 is 0 Å². The quantitative estimate of drug-likeness (QED) is 0.680. The van der Waals surface area contributed by atoms with Crippen molar-refractivity contribution in [2.24, 2.45) is 11.8 Å². The highest BCUT2D eigenvalue weighted by Crippen LogP contribution is 2.05. The van der Waals surface area contributed by atoms with Gasteiger partial charge in [0, 0.05) is 6.42 Å². The van der Waals surface area contributed by atoms with Crippen molar-refractivity contribution in [2.45, 2.75) is 46.6 Å². The Labute approximate surface area is 120 Å². The summed E-state index contributed by atoms with van der Waals surface area (Å²) in [4.78, 5) is 34.8. The first-order valence-electron chi connectivity index (χ1n) is 6.85. The third kappa shape index (κ3) is 7.11. The molecule has 0 aliphatic carbocycles. The van der Waals surface area contributed by atoms with Crippen molar-refractivity contribution in [3.8, 4) is 0 Å². The lowest BCUT2D eigenvalue weighted by atomic mass is 10.1. The molecule has 20 heavy (non-hydrogen) atoms. The molecule has 6 heteroatoms. The second kappa shape index (κ2) is 9.34. The standard InChI is InChI=1S/C14H25NO5/c1-6-10(4)13(17)20-8-11(14(18)19-5)15-12(16)7-9(2)3/h9-11H,6-8H2,1-5H3,(H,15,16)/t10-,11+/m0/s1. The minimum absolute atomic E-state index is 0.177. The zero-order chi connectivity index (χ0) is 15.7. The number of hydrogen-bond donors (Lipinski definition) is 1. The highest BCUT2D eigenvalue weighted by molar-refractivity contribution is 5.85. The second-order valence-corrected chi connectivity index (χ2v) is 5.18. The lowest BCUT2D eigenvalue weighted by Gasteiger charge is -2.18. The number of amides is 1. The molecule has 116 valence electrons. The largest absolute Gasteiger partial charge is 0.467 e. The van der Waals surface area contributed by atoms with Crippen LogP contribution in [0, 0.1) is 11.8 Å². The third-order valence-electron chi connectivity index (χ3n) is 2.82. The number of carbonyl (C=O) groups is 3. The Morgan fingerprint density at radius 1 is 1.10 bits per heavy atom. The number of methoxy groups -OCH3 is 1. The van der Waals surface area contributed by atoms with Crippen molar-refractivity contribution in [2.75, 3.05) is 13.7 Å². The van der Waals surface area contributed by atoms with E-state index in [1.54, 1.807) is 6.92 Å². The van der Waals surface area contributed by atoms with Gasteiger partial charge in [-0.1, -0.05) is 27.7 Å². The summed E-state index contributed by atoms with van der Waals surface area (Å²) in [5, 5.41) is 2.52. The SMILES string of the molecule is CC[C@H](C)C(=O)OC[C@@H](NC(=O)CC(C)C)C(=O)OC. The molecule has 1 N–H and O–H groups in total. The van der Waals surface area contributed by atoms with E-state index >= 15 is 0 Å². The molecular weight excluding hydrogens is 262 g/mol. The van der Waals surface area contributed by atoms with Crippen molar-refractivity contribution < 1.29 is 23.9 Å². The van der Waals surface area contributed by atoms with Crippen LogP contribution < -0.4 is 5.32 Å². The maximum Gasteiger partial charge on any atom is 0.331 e. The van der Waals surface area contributed by atoms with Gasteiger partial charge in [-0.3, -0.25) is 9.59 Å². The van der Waals surface area contributed by atoms with Crippen LogP contribution in [0.5, 0.6) is 0 Å². The van der Waals surface area contributed by atoms with E-state index in [-0.39, 0.29) is 30.3 Å². The van der Waals surface area contributed by atoms with Crippen LogP contribution in [-0.2, 0) is 23.9 Å². The molecule has 0 heterocycles. The second-order valence-electron chi connectivity index (χ2n) is 5.18. The first-order valence-corrected chi connectivity index (χ1v) is 6.85. The third-order valence-corrected chi connectivity index (χ3v) is 2.82. The first kappa shape index (κ1) is 18.4. The van der Waals surface area contributed by atoms with Gasteiger partial charge in [-0.15, -0.1) is 0 Å². The van der Waals surface area contributed by atoms with Gasteiger partial charge < -0.3 is 14.8 Å². The van der Waals surface area contributed by atoms with E-state index < -0.39 is 12.0 Å². The molecule has 0 aromatic carbocycles. The number of nitrogens with one attached hydrogen (secondary N) is 1. The van der Waals surface area contributed by atoms with Crippen LogP contribution in [0.15, 0.2) is 0 Å². The predicted molar refractivity (Wildman–Crippen MR) is 73.8 cm³/mol. The fraction of sp³-hybridized carbons (Fsp3) is 0.786. The minimum atomic E-state index is -0.959. The molecule has 0 unspecified atom stereocenters. The van der Waals surface area contributed by atoms with Gasteiger partial charge >= 0.3 is 11.9 Å². The Kier molecular flexibility index (Phi) is 8.59. The average Bonchev–Trinajstić information content (AvgIpc) is 2.40. The van der Waals surface area contributed by atoms with Crippen LogP contribution in [0.25, 0.3) is 0 Å². The summed E-state index contributed by atoms with van der Waals surface area (Å²) in [6, 6.07) is -0.959. The summed E-state index contributed by atoms with van der Waals surface area (Å²) in [6.07, 6.45) is 0.953. The topological polar surface area (TPSA) is 81.7 Å². The van der Waals surface area contributed by atoms with Crippen LogP contribution in [-0.4, -0.2) is 37.6 Å². The number of esters is 2. The molecule has 0 rings (SSSR count). The summed E-state index contributed by atoms with van der Waals surface area (Å²) in [6.45, 7) is 7.20. The van der Waals surface area contributed by atoms with Gasteiger partial charge in [0.05, 0.1) is 13.0 Å². The molecule has 0 radical (unpaired) electrons. The molecule has 0 aromatic heterocycles. The molecular formula is C14H25NO5. The van der Waals surface area contributed by atoms with Crippen molar-refractivity contribution >= 4 is 17.8 Å². The van der Waals surface area contributed by atoms with E-state index in [0.717, 1.165) is 0 Å². The molecule has 0 saturated heterocycles. The van der Waals surface area contributed by atoms with E-state index in [1.807, 2.05) is 20.8 Å². The normalized spacial score (nSPS) is 13.5. The molecule has 0 spiro atoms. The van der Waals surface area contributed by atoms with Crippen molar-refractivity contribution in [3.63, 3.8) is 0 Å². The van der Waals surface area contributed by atoms with E-state index in [9.17, 15) is 14.4 Å². The fourth-order valence-corrected chi connectivity index (χ4v) is 1.41. The van der Waals surface area contributed by atoms with Gasteiger partial charge in [0.25, 0.3) is 0 Å². The maximum atomic E-state index is 11.7. The van der Waals surface area contributed by atoms with Gasteiger partial charge in [-0.2, -0.15) is 0 Å². The molecule has 0 fully saturated rings. The Bertz CT molecular complexity index is 340. The monoisotopic (exact) mass is 287 g/mol. The molecule has 1 amide bonds. The summed E-state index contributed by atoms with van der Waals surface area (Å²) in [5.74, 6) is -1.34. The summed E-state index contributed by atoms with van der Waals surface area (Å²) < 4.78 is 9.62. The Balaban J connectivity index is 4.47. The molecule has 2 atom stereocenters. The zero-order valence-corrected chi connectivity index (χ0v) is 12.9. The maximum absolute atomic E-state index is 11.7. The Morgan fingerprint density at radius 2 is 1.70 bits per heavy atom. The fourth-order valence-electron chi connectivity index (χ4n) is 1.41. The van der Waals surface area contributed by atoms with Gasteiger partial charge in [-0.25, -0.2) is 4.79 Å². The summed E-state index contributed by atoms with van der Waals surface area (Å²) in [7, 11) is 1.22. The van der Waals surface area contributed by atoms with Crippen molar-refractivity contribution in [3.05, 3.63) is 0 Å². The zero-order valence-electron chi connectivity index (χ0n) is 12.9. The Morgan fingerprint density at radius 3 is 2.15 bits per heavy atom. The molecule has 6 nitrogen and oxygen atoms in total. The summed E-state index contributed by atoms with van der Waals surface area (Å²) >= 11 is 0. The van der Waals surface area contributed by atoms with E-state index in [2.05, 4.69) is 10.1 Å². The van der Waals surface area contributed by atoms with E-state index in [0.29, 0.717) is 12.8 Å². The number of hydrogen-bond acceptors (Lipinski definition) is 5. The van der Waals surface area contributed by atoms with Crippen LogP contribution in [0.2, 0.25) is 0 Å². The van der Waals surface area contributed by atoms with Crippen LogP contribution in [0.3, 0.4) is 0 Å². The van der Waals surface area contributed by atoms with Gasteiger partial charge in [0.2, 0.25) is 5.91 Å². The van der Waals surface area contributed by atoms with E-state index in [1.165, 1.54) is 7.11 Å². The lowest BCUT2D eigenvalue weighted by molar-refractivity contribution is -0.154. The lowest BCUT2D eigenvalue weighted by Crippen LogP contribution is -2.45. The van der Waals surface area contributed by atoms with Gasteiger partial charge in [0.15, 0.2) is 6.04 Å². The van der Waals surface area contributed by atoms with E-state index in [4.69, 9.17) is 4.74 Å². The molecule has 0 saturated carbocycles. The highest BCUT2D eigenvalue weighted by atomic mass is 16.5. The van der Waals surface area contributed by atoms with Crippen molar-refractivity contribution in [1.29, 1.82) is 0 Å². The number of rotatable bonds is 8. The minimum Gasteiger partial charge on any atom is -0.467 e. The predicted octanol–water partition coefficient (Wildman–Crippen LogP) is 1.28. The first-order chi connectivity index (χ1) is 9.31. The van der Waals surface area contributed by atoms with Crippen LogP contribution in [0.1, 0.15) is 40.5 Å². The summed E-state index contributed by atoms with van der Waals surface area (Å²) in [5.41, 5.74) is 0.